The summed E-state index contributed by atoms with van der Waals surface area (Å²) in [4.78, 5) is 32.7. The molecule has 0 radical (unpaired) electrons. The average molecular weight is 615 g/mol. The van der Waals surface area contributed by atoms with E-state index in [0.717, 1.165) is 27.9 Å². The van der Waals surface area contributed by atoms with Crippen molar-refractivity contribution in [3.05, 3.63) is 74.2 Å². The van der Waals surface area contributed by atoms with E-state index in [1.165, 1.54) is 12.0 Å². The number of pyridine rings is 2. The van der Waals surface area contributed by atoms with Gasteiger partial charge in [-0.05, 0) is 57.9 Å². The van der Waals surface area contributed by atoms with Crippen molar-refractivity contribution in [2.75, 3.05) is 39.8 Å². The molecule has 4 aromatic heterocycles. The third-order valence-corrected chi connectivity index (χ3v) is 8.54. The minimum atomic E-state index is -4.24. The van der Waals surface area contributed by atoms with Gasteiger partial charge in [-0.25, -0.2) is 0 Å². The van der Waals surface area contributed by atoms with Crippen molar-refractivity contribution in [1.29, 1.82) is 0 Å². The number of H-pyrrole nitrogens is 1. The quantitative estimate of drug-likeness (QED) is 0.296. The number of carbonyl (C=O) groups is 1. The topological polar surface area (TPSA) is 108 Å². The highest BCUT2D eigenvalue weighted by molar-refractivity contribution is 5.98. The molecule has 1 amide bonds. The molecule has 1 aliphatic heterocycles. The van der Waals surface area contributed by atoms with Gasteiger partial charge in [-0.2, -0.15) is 13.2 Å². The number of nitrogens with one attached hydrogen (secondary N) is 2. The Morgan fingerprint density at radius 1 is 1.16 bits per heavy atom. The standard InChI is InChI=1S/C31H37F3N6O4/c1-17-13-26(43-6)36-30(42)24(17)15-35-29(41)23-14-25-22(27-19(3)37-44-21(27)5)7-8-40(25)28(18(23)2)20(4)39-11-9-38(10-12-39)16-31(32,33)34/h7-8,13-14,20H,9-12,15-16H2,1-6H3,(H,35,41)(H,36,42)/t20-/m0/s1. The minimum Gasteiger partial charge on any atom is -0.482 e. The number of piperazine rings is 1. The number of aromatic nitrogens is 3. The van der Waals surface area contributed by atoms with Gasteiger partial charge in [-0.15, -0.1) is 0 Å². The van der Waals surface area contributed by atoms with Crippen LogP contribution in [0.2, 0.25) is 0 Å². The number of carbonyl (C=O) groups excluding carboxylic acids is 1. The van der Waals surface area contributed by atoms with Crippen LogP contribution in [0.15, 0.2) is 33.7 Å². The van der Waals surface area contributed by atoms with Gasteiger partial charge in [-0.3, -0.25) is 24.4 Å². The lowest BCUT2D eigenvalue weighted by Crippen LogP contribution is -2.49. The maximum atomic E-state index is 13.8. The van der Waals surface area contributed by atoms with Crippen LogP contribution in [0.5, 0.6) is 5.88 Å². The van der Waals surface area contributed by atoms with Crippen LogP contribution in [0.25, 0.3) is 16.6 Å². The van der Waals surface area contributed by atoms with Crippen molar-refractivity contribution < 1.29 is 27.2 Å². The van der Waals surface area contributed by atoms with Crippen LogP contribution in [0, 0.1) is 27.7 Å². The van der Waals surface area contributed by atoms with Gasteiger partial charge < -0.3 is 19.0 Å². The summed E-state index contributed by atoms with van der Waals surface area (Å²) in [5.41, 5.74) is 5.95. The van der Waals surface area contributed by atoms with E-state index in [-0.39, 0.29) is 37.1 Å². The Bertz CT molecular complexity index is 1730. The average Bonchev–Trinajstić information content (AvgIpc) is 3.52. The van der Waals surface area contributed by atoms with Crippen molar-refractivity contribution in [3.8, 4) is 17.0 Å². The first-order chi connectivity index (χ1) is 20.8. The van der Waals surface area contributed by atoms with E-state index in [1.54, 1.807) is 13.0 Å². The largest absolute Gasteiger partial charge is 0.482 e. The van der Waals surface area contributed by atoms with Crippen molar-refractivity contribution in [2.45, 2.75) is 53.4 Å². The molecule has 13 heteroatoms. The van der Waals surface area contributed by atoms with Gasteiger partial charge in [0.15, 0.2) is 5.88 Å². The molecule has 1 atom stereocenters. The molecule has 1 saturated heterocycles. The van der Waals surface area contributed by atoms with Crippen molar-refractivity contribution in [3.63, 3.8) is 0 Å². The normalized spacial score (nSPS) is 15.6. The summed E-state index contributed by atoms with van der Waals surface area (Å²) in [6.45, 7) is 9.92. The Morgan fingerprint density at radius 3 is 2.45 bits per heavy atom. The van der Waals surface area contributed by atoms with Gasteiger partial charge in [0.1, 0.15) is 5.76 Å². The Kier molecular flexibility index (Phi) is 8.63. The van der Waals surface area contributed by atoms with Gasteiger partial charge in [0.05, 0.1) is 24.9 Å². The van der Waals surface area contributed by atoms with Crippen molar-refractivity contribution >= 4 is 11.4 Å². The summed E-state index contributed by atoms with van der Waals surface area (Å²) < 4.78 is 51.6. The van der Waals surface area contributed by atoms with Gasteiger partial charge in [0.2, 0.25) is 0 Å². The zero-order valence-electron chi connectivity index (χ0n) is 25.7. The van der Waals surface area contributed by atoms with Crippen LogP contribution in [0.3, 0.4) is 0 Å². The van der Waals surface area contributed by atoms with Gasteiger partial charge in [-0.1, -0.05) is 5.16 Å². The highest BCUT2D eigenvalue weighted by Crippen LogP contribution is 2.36. The molecule has 0 aromatic carbocycles. The number of amides is 1. The smallest absolute Gasteiger partial charge is 0.401 e. The molecule has 4 aromatic rings. The van der Waals surface area contributed by atoms with Crippen LogP contribution < -0.4 is 15.6 Å². The lowest BCUT2D eigenvalue weighted by Gasteiger charge is -2.39. The molecule has 1 fully saturated rings. The third kappa shape index (κ3) is 6.11. The molecule has 0 spiro atoms. The zero-order chi connectivity index (χ0) is 31.9. The molecule has 0 aliphatic carbocycles. The monoisotopic (exact) mass is 614 g/mol. The van der Waals surface area contributed by atoms with E-state index < -0.39 is 12.7 Å². The van der Waals surface area contributed by atoms with Crippen LogP contribution in [0.4, 0.5) is 13.2 Å². The van der Waals surface area contributed by atoms with E-state index in [2.05, 4.69) is 20.4 Å². The molecule has 5 rings (SSSR count). The van der Waals surface area contributed by atoms with Crippen LogP contribution in [0.1, 0.15) is 57.2 Å². The third-order valence-electron chi connectivity index (χ3n) is 8.54. The summed E-state index contributed by atoms with van der Waals surface area (Å²) in [5, 5.41) is 7.03. The first-order valence-corrected chi connectivity index (χ1v) is 14.4. The number of halogens is 3. The molecule has 0 saturated carbocycles. The second kappa shape index (κ2) is 12.1. The lowest BCUT2D eigenvalue weighted by atomic mass is 9.98. The first-order valence-electron chi connectivity index (χ1n) is 14.4. The summed E-state index contributed by atoms with van der Waals surface area (Å²) in [5.74, 6) is 0.627. The molecule has 44 heavy (non-hydrogen) atoms. The van der Waals surface area contributed by atoms with E-state index in [9.17, 15) is 22.8 Å². The Balaban J connectivity index is 1.53. The highest BCUT2D eigenvalue weighted by atomic mass is 19.4. The van der Waals surface area contributed by atoms with Crippen molar-refractivity contribution in [2.24, 2.45) is 0 Å². The fourth-order valence-electron chi connectivity index (χ4n) is 6.21. The van der Waals surface area contributed by atoms with Crippen molar-refractivity contribution in [1.82, 2.24) is 29.7 Å². The maximum Gasteiger partial charge on any atom is 0.401 e. The number of ether oxygens (including phenoxy) is 1. The Morgan fingerprint density at radius 2 is 1.86 bits per heavy atom. The number of hydrogen-bond acceptors (Lipinski definition) is 7. The summed E-state index contributed by atoms with van der Waals surface area (Å²) >= 11 is 0. The minimum absolute atomic E-state index is 0.0123. The molecule has 236 valence electrons. The van der Waals surface area contributed by atoms with Gasteiger partial charge in [0.25, 0.3) is 11.5 Å². The number of aromatic amines is 1. The van der Waals surface area contributed by atoms with E-state index in [4.69, 9.17) is 9.26 Å². The zero-order valence-corrected chi connectivity index (χ0v) is 25.7. The number of nitrogens with zero attached hydrogens (tertiary/aromatic N) is 4. The molecule has 1 aliphatic rings. The van der Waals surface area contributed by atoms with Crippen LogP contribution >= 0.6 is 0 Å². The van der Waals surface area contributed by atoms with Gasteiger partial charge in [0, 0.05) is 79.0 Å². The molecular formula is C31H37F3N6O4. The number of hydrogen-bond donors (Lipinski definition) is 2. The van der Waals surface area contributed by atoms with Gasteiger partial charge >= 0.3 is 6.18 Å². The van der Waals surface area contributed by atoms with E-state index in [1.807, 2.05) is 50.4 Å². The number of fused-ring (bicyclic) bond motifs is 1. The Labute approximate surface area is 252 Å². The first kappa shape index (κ1) is 31.3. The number of rotatable bonds is 8. The number of aryl methyl sites for hydroxylation is 3. The lowest BCUT2D eigenvalue weighted by molar-refractivity contribution is -0.149. The summed E-state index contributed by atoms with van der Waals surface area (Å²) in [6, 6.07) is 5.27. The fourth-order valence-corrected chi connectivity index (χ4v) is 6.21. The van der Waals surface area contributed by atoms with Crippen LogP contribution in [-0.4, -0.2) is 76.3 Å². The predicted molar refractivity (Wildman–Crippen MR) is 159 cm³/mol. The second-order valence-corrected chi connectivity index (χ2v) is 11.4. The molecule has 0 unspecified atom stereocenters. The predicted octanol–water partition coefficient (Wildman–Crippen LogP) is 4.70. The number of methoxy groups -OCH3 is 1. The Hall–Kier alpha value is -4.10. The fraction of sp³-hybridized carbons (Fsp3) is 0.452. The highest BCUT2D eigenvalue weighted by Gasteiger charge is 2.34. The molecule has 0 bridgehead atoms. The second-order valence-electron chi connectivity index (χ2n) is 11.4. The van der Waals surface area contributed by atoms with E-state index in [0.29, 0.717) is 47.1 Å². The molecule has 5 heterocycles. The van der Waals surface area contributed by atoms with Crippen LogP contribution in [-0.2, 0) is 6.54 Å². The molecular weight excluding hydrogens is 577 g/mol. The number of alkyl halides is 3. The SMILES string of the molecule is COc1cc(C)c(CNC(=O)c2cc3c(-c4c(C)noc4C)ccn3c([C@H](C)N3CCN(CC(F)(F)F)CC3)c2C)c(=O)[nH]1. The maximum absolute atomic E-state index is 13.8. The van der Waals surface area contributed by atoms with E-state index >= 15 is 0 Å². The summed E-state index contributed by atoms with van der Waals surface area (Å²) in [6.07, 6.45) is -2.30. The summed E-state index contributed by atoms with van der Waals surface area (Å²) in [7, 11) is 1.46. The molecule has 10 nitrogen and oxygen atoms in total. The molecule has 2 N–H and O–H groups in total.